The Morgan fingerprint density at radius 2 is 2.00 bits per heavy atom. The average molecular weight is 403 g/mol. The number of carbonyl (C=O) groups is 1. The predicted octanol–water partition coefficient (Wildman–Crippen LogP) is 2.45. The minimum atomic E-state index is -0.423. The van der Waals surface area contributed by atoms with Crippen molar-refractivity contribution in [1.82, 2.24) is 14.9 Å². The van der Waals surface area contributed by atoms with Gasteiger partial charge in [-0.1, -0.05) is 23.9 Å². The summed E-state index contributed by atoms with van der Waals surface area (Å²) in [6.07, 6.45) is 0. The van der Waals surface area contributed by atoms with Crippen LogP contribution in [-0.4, -0.2) is 33.6 Å². The standard InChI is InChI=1S/C18H18FN5O3S/c1-26-14-6-3-7-15(9-14)27-10-16-22-23-18(24(16)20)28-11-17(25)21-13-5-2-4-12(19)8-13/h2-9H,10-11,20H2,1H3,(H,21,25). The molecule has 0 saturated heterocycles. The molecule has 0 atom stereocenters. The van der Waals surface area contributed by atoms with Gasteiger partial charge in [0, 0.05) is 11.8 Å². The number of benzene rings is 2. The van der Waals surface area contributed by atoms with E-state index in [1.54, 1.807) is 31.4 Å². The van der Waals surface area contributed by atoms with Crippen molar-refractivity contribution in [2.75, 3.05) is 24.0 Å². The largest absolute Gasteiger partial charge is 0.497 e. The van der Waals surface area contributed by atoms with Crippen molar-refractivity contribution in [2.45, 2.75) is 11.8 Å². The van der Waals surface area contributed by atoms with Gasteiger partial charge < -0.3 is 20.6 Å². The molecule has 0 spiro atoms. The van der Waals surface area contributed by atoms with E-state index in [0.29, 0.717) is 28.2 Å². The van der Waals surface area contributed by atoms with E-state index in [9.17, 15) is 9.18 Å². The lowest BCUT2D eigenvalue weighted by atomic mass is 10.3. The molecule has 3 rings (SSSR count). The maximum Gasteiger partial charge on any atom is 0.234 e. The highest BCUT2D eigenvalue weighted by Gasteiger charge is 2.13. The number of carbonyl (C=O) groups excluding carboxylic acids is 1. The van der Waals surface area contributed by atoms with Crippen LogP contribution >= 0.6 is 11.8 Å². The van der Waals surface area contributed by atoms with Crippen LogP contribution in [0.2, 0.25) is 0 Å². The highest BCUT2D eigenvalue weighted by molar-refractivity contribution is 7.99. The normalized spacial score (nSPS) is 10.5. The number of anilines is 1. The third-order valence-corrected chi connectivity index (χ3v) is 4.53. The molecule has 0 unspecified atom stereocenters. The molecule has 0 fully saturated rings. The molecule has 28 heavy (non-hydrogen) atoms. The molecule has 3 N–H and O–H groups in total. The molecular formula is C18H18FN5O3S. The van der Waals surface area contributed by atoms with Crippen LogP contribution in [0.4, 0.5) is 10.1 Å². The summed E-state index contributed by atoms with van der Waals surface area (Å²) in [5.74, 6) is 6.95. The number of hydrogen-bond acceptors (Lipinski definition) is 7. The van der Waals surface area contributed by atoms with Gasteiger partial charge in [-0.3, -0.25) is 4.79 Å². The maximum atomic E-state index is 13.1. The summed E-state index contributed by atoms with van der Waals surface area (Å²) in [7, 11) is 1.57. The Morgan fingerprint density at radius 3 is 2.79 bits per heavy atom. The zero-order chi connectivity index (χ0) is 19.9. The van der Waals surface area contributed by atoms with Crippen molar-refractivity contribution in [3.05, 3.63) is 60.2 Å². The molecule has 3 aromatic rings. The summed E-state index contributed by atoms with van der Waals surface area (Å²) in [6.45, 7) is 0.104. The van der Waals surface area contributed by atoms with Crippen molar-refractivity contribution in [1.29, 1.82) is 0 Å². The van der Waals surface area contributed by atoms with Gasteiger partial charge in [-0.15, -0.1) is 10.2 Å². The van der Waals surface area contributed by atoms with Gasteiger partial charge in [-0.25, -0.2) is 9.07 Å². The number of methoxy groups -OCH3 is 1. The molecular weight excluding hydrogens is 385 g/mol. The Labute approximate surface area is 164 Å². The van der Waals surface area contributed by atoms with E-state index in [0.717, 1.165) is 11.8 Å². The number of nitrogen functional groups attached to an aromatic ring is 1. The number of rotatable bonds is 8. The number of nitrogens with two attached hydrogens (primary N) is 1. The second-order valence-electron chi connectivity index (χ2n) is 5.58. The van der Waals surface area contributed by atoms with Gasteiger partial charge >= 0.3 is 0 Å². The fraction of sp³-hybridized carbons (Fsp3) is 0.167. The van der Waals surface area contributed by atoms with Crippen LogP contribution < -0.4 is 20.6 Å². The van der Waals surface area contributed by atoms with E-state index in [1.807, 2.05) is 6.07 Å². The Hall–Kier alpha value is -3.27. The molecule has 10 heteroatoms. The summed E-state index contributed by atoms with van der Waals surface area (Å²) < 4.78 is 25.2. The smallest absolute Gasteiger partial charge is 0.234 e. The van der Waals surface area contributed by atoms with E-state index in [4.69, 9.17) is 15.3 Å². The fourth-order valence-electron chi connectivity index (χ4n) is 2.24. The molecule has 146 valence electrons. The molecule has 0 aliphatic heterocycles. The topological polar surface area (TPSA) is 104 Å². The van der Waals surface area contributed by atoms with Crippen LogP contribution in [0.25, 0.3) is 0 Å². The van der Waals surface area contributed by atoms with Gasteiger partial charge in [-0.05, 0) is 30.3 Å². The number of amides is 1. The third kappa shape index (κ3) is 5.13. The van der Waals surface area contributed by atoms with E-state index in [-0.39, 0.29) is 18.3 Å². The van der Waals surface area contributed by atoms with Crippen LogP contribution in [0.1, 0.15) is 5.82 Å². The first kappa shape index (κ1) is 19.5. The van der Waals surface area contributed by atoms with Crippen LogP contribution in [0.5, 0.6) is 11.5 Å². The van der Waals surface area contributed by atoms with Gasteiger partial charge in [0.1, 0.15) is 23.9 Å². The molecule has 8 nitrogen and oxygen atoms in total. The average Bonchev–Trinajstić information content (AvgIpc) is 3.04. The molecule has 2 aromatic carbocycles. The Kier molecular flexibility index (Phi) is 6.33. The highest BCUT2D eigenvalue weighted by Crippen LogP contribution is 2.20. The minimum Gasteiger partial charge on any atom is -0.497 e. The molecule has 0 aliphatic rings. The molecule has 1 heterocycles. The van der Waals surface area contributed by atoms with Crippen molar-refractivity contribution < 1.29 is 18.7 Å². The van der Waals surface area contributed by atoms with Gasteiger partial charge in [0.15, 0.2) is 5.82 Å². The second-order valence-corrected chi connectivity index (χ2v) is 6.53. The molecule has 0 saturated carbocycles. The van der Waals surface area contributed by atoms with E-state index in [1.165, 1.54) is 22.9 Å². The number of hydrogen-bond donors (Lipinski definition) is 2. The summed E-state index contributed by atoms with van der Waals surface area (Å²) in [4.78, 5) is 12.0. The van der Waals surface area contributed by atoms with Crippen LogP contribution in [0.15, 0.2) is 53.7 Å². The van der Waals surface area contributed by atoms with Crippen molar-refractivity contribution >= 4 is 23.4 Å². The number of nitrogens with zero attached hydrogens (tertiary/aromatic N) is 3. The number of halogens is 1. The van der Waals surface area contributed by atoms with Crippen LogP contribution in [0.3, 0.4) is 0 Å². The van der Waals surface area contributed by atoms with Gasteiger partial charge in [0.05, 0.1) is 12.9 Å². The monoisotopic (exact) mass is 403 g/mol. The van der Waals surface area contributed by atoms with E-state index < -0.39 is 5.82 Å². The molecule has 0 aliphatic carbocycles. The fourth-order valence-corrected chi connectivity index (χ4v) is 2.91. The third-order valence-electron chi connectivity index (χ3n) is 3.59. The summed E-state index contributed by atoms with van der Waals surface area (Å²) in [5, 5.41) is 10.9. The van der Waals surface area contributed by atoms with E-state index >= 15 is 0 Å². The van der Waals surface area contributed by atoms with Gasteiger partial charge in [-0.2, -0.15) is 0 Å². The van der Waals surface area contributed by atoms with Crippen LogP contribution in [0, 0.1) is 5.82 Å². The molecule has 0 bridgehead atoms. The zero-order valence-electron chi connectivity index (χ0n) is 15.0. The first-order valence-electron chi connectivity index (χ1n) is 8.19. The number of aromatic nitrogens is 3. The van der Waals surface area contributed by atoms with E-state index in [2.05, 4.69) is 15.5 Å². The lowest BCUT2D eigenvalue weighted by Crippen LogP contribution is -2.18. The Balaban J connectivity index is 1.53. The zero-order valence-corrected chi connectivity index (χ0v) is 15.8. The molecule has 1 aromatic heterocycles. The van der Waals surface area contributed by atoms with Crippen molar-refractivity contribution in [3.63, 3.8) is 0 Å². The van der Waals surface area contributed by atoms with Crippen molar-refractivity contribution in [3.8, 4) is 11.5 Å². The lowest BCUT2D eigenvalue weighted by Gasteiger charge is -2.08. The summed E-state index contributed by atoms with van der Waals surface area (Å²) >= 11 is 1.11. The number of thioether (sulfide) groups is 1. The minimum absolute atomic E-state index is 0.0442. The number of nitrogens with one attached hydrogen (secondary N) is 1. The highest BCUT2D eigenvalue weighted by atomic mass is 32.2. The lowest BCUT2D eigenvalue weighted by molar-refractivity contribution is -0.113. The molecule has 1 amide bonds. The molecule has 0 radical (unpaired) electrons. The van der Waals surface area contributed by atoms with Crippen molar-refractivity contribution in [2.24, 2.45) is 0 Å². The quantitative estimate of drug-likeness (QED) is 0.440. The maximum absolute atomic E-state index is 13.1. The second kappa shape index (κ2) is 9.09. The Bertz CT molecular complexity index is 966. The van der Waals surface area contributed by atoms with Crippen LogP contribution in [-0.2, 0) is 11.4 Å². The first-order valence-corrected chi connectivity index (χ1v) is 9.18. The predicted molar refractivity (Wildman–Crippen MR) is 103 cm³/mol. The SMILES string of the molecule is COc1cccc(OCc2nnc(SCC(=O)Nc3cccc(F)c3)n2N)c1. The van der Waals surface area contributed by atoms with Gasteiger partial charge in [0.2, 0.25) is 11.1 Å². The Morgan fingerprint density at radius 1 is 1.21 bits per heavy atom. The first-order chi connectivity index (χ1) is 13.5. The summed E-state index contributed by atoms with van der Waals surface area (Å²) in [6, 6.07) is 12.8. The summed E-state index contributed by atoms with van der Waals surface area (Å²) in [5.41, 5.74) is 0.382. The number of ether oxygens (including phenoxy) is 2. The van der Waals surface area contributed by atoms with Gasteiger partial charge in [0.25, 0.3) is 0 Å².